The van der Waals surface area contributed by atoms with Gasteiger partial charge in [-0.2, -0.15) is 0 Å². The Bertz CT molecular complexity index is 374. The Morgan fingerprint density at radius 2 is 2.22 bits per heavy atom. The summed E-state index contributed by atoms with van der Waals surface area (Å²) >= 11 is 1.68. The van der Waals surface area contributed by atoms with E-state index in [9.17, 15) is 4.79 Å². The summed E-state index contributed by atoms with van der Waals surface area (Å²) in [6.45, 7) is 2.50. The zero-order valence-electron chi connectivity index (χ0n) is 10.6. The molecule has 1 amide bonds. The predicted molar refractivity (Wildman–Crippen MR) is 78.1 cm³/mol. The first-order valence-electron chi connectivity index (χ1n) is 6.22. The lowest BCUT2D eigenvalue weighted by Crippen LogP contribution is -2.44. The van der Waals surface area contributed by atoms with Crippen molar-refractivity contribution in [1.29, 1.82) is 0 Å². The van der Waals surface area contributed by atoms with Gasteiger partial charge in [-0.15, -0.1) is 23.7 Å². The van der Waals surface area contributed by atoms with Crippen LogP contribution in [-0.4, -0.2) is 12.5 Å². The van der Waals surface area contributed by atoms with Crippen molar-refractivity contribution in [2.45, 2.75) is 38.6 Å². The molecule has 1 aromatic rings. The van der Waals surface area contributed by atoms with Crippen molar-refractivity contribution in [3.8, 4) is 0 Å². The molecule has 1 unspecified atom stereocenters. The van der Waals surface area contributed by atoms with Crippen molar-refractivity contribution in [2.75, 3.05) is 6.54 Å². The van der Waals surface area contributed by atoms with Crippen molar-refractivity contribution >= 4 is 29.7 Å². The summed E-state index contributed by atoms with van der Waals surface area (Å²) in [5.41, 5.74) is 5.51. The van der Waals surface area contributed by atoms with Gasteiger partial charge in [0, 0.05) is 11.4 Å². The Balaban J connectivity index is 0.00000162. The summed E-state index contributed by atoms with van der Waals surface area (Å²) in [7, 11) is 0. The molecule has 1 aromatic heterocycles. The lowest BCUT2D eigenvalue weighted by Gasteiger charge is -2.27. The molecular weight excluding hydrogens is 268 g/mol. The van der Waals surface area contributed by atoms with Crippen LogP contribution in [0.3, 0.4) is 0 Å². The third kappa shape index (κ3) is 3.05. The van der Waals surface area contributed by atoms with Crippen LogP contribution in [-0.2, 0) is 4.79 Å². The van der Waals surface area contributed by atoms with Gasteiger partial charge >= 0.3 is 0 Å². The van der Waals surface area contributed by atoms with Gasteiger partial charge in [-0.3, -0.25) is 4.79 Å². The number of carbonyl (C=O) groups is 1. The Kier molecular flexibility index (Phi) is 5.63. The topological polar surface area (TPSA) is 55.1 Å². The molecule has 5 heteroatoms. The Morgan fingerprint density at radius 1 is 1.56 bits per heavy atom. The molecule has 2 rings (SSSR count). The number of hydrogen-bond acceptors (Lipinski definition) is 3. The number of hydrogen-bond donors (Lipinski definition) is 2. The van der Waals surface area contributed by atoms with Gasteiger partial charge in [0.1, 0.15) is 0 Å². The standard InChI is InChI=1S/C13H20N2OS.ClH/c1-10(11-5-4-8-17-11)15-12(16)13(9-14)6-2-3-7-13;/h4-5,8,10H,2-3,6-7,9,14H2,1H3,(H,15,16);1H. The molecule has 0 saturated heterocycles. The van der Waals surface area contributed by atoms with Crippen LogP contribution in [0.2, 0.25) is 0 Å². The fraction of sp³-hybridized carbons (Fsp3) is 0.615. The number of rotatable bonds is 4. The fourth-order valence-corrected chi connectivity index (χ4v) is 3.27. The molecule has 1 aliphatic rings. The van der Waals surface area contributed by atoms with Crippen LogP contribution in [0, 0.1) is 5.41 Å². The second-order valence-corrected chi connectivity index (χ2v) is 5.88. The van der Waals surface area contributed by atoms with E-state index in [1.807, 2.05) is 18.4 Å². The molecular formula is C13H21ClN2OS. The normalized spacial score (nSPS) is 19.0. The van der Waals surface area contributed by atoms with E-state index in [-0.39, 0.29) is 29.8 Å². The number of nitrogens with one attached hydrogen (secondary N) is 1. The van der Waals surface area contributed by atoms with Crippen molar-refractivity contribution < 1.29 is 4.79 Å². The van der Waals surface area contributed by atoms with Crippen LogP contribution in [0.5, 0.6) is 0 Å². The van der Waals surface area contributed by atoms with Crippen molar-refractivity contribution in [2.24, 2.45) is 11.1 Å². The summed E-state index contributed by atoms with van der Waals surface area (Å²) in [5.74, 6) is 0.137. The van der Waals surface area contributed by atoms with Crippen molar-refractivity contribution in [1.82, 2.24) is 5.32 Å². The highest BCUT2D eigenvalue weighted by atomic mass is 35.5. The van der Waals surface area contributed by atoms with Gasteiger partial charge < -0.3 is 11.1 Å². The van der Waals surface area contributed by atoms with Crippen LogP contribution in [0.15, 0.2) is 17.5 Å². The highest BCUT2D eigenvalue weighted by Gasteiger charge is 2.40. The van der Waals surface area contributed by atoms with E-state index in [1.165, 1.54) is 4.88 Å². The first kappa shape index (κ1) is 15.5. The highest BCUT2D eigenvalue weighted by molar-refractivity contribution is 7.10. The van der Waals surface area contributed by atoms with Crippen LogP contribution in [0.25, 0.3) is 0 Å². The molecule has 0 spiro atoms. The average molecular weight is 289 g/mol. The van der Waals surface area contributed by atoms with Gasteiger partial charge in [-0.05, 0) is 31.2 Å². The zero-order valence-corrected chi connectivity index (χ0v) is 12.3. The van der Waals surface area contributed by atoms with Crippen LogP contribution in [0.1, 0.15) is 43.5 Å². The molecule has 3 nitrogen and oxygen atoms in total. The van der Waals surface area contributed by atoms with E-state index in [1.54, 1.807) is 11.3 Å². The lowest BCUT2D eigenvalue weighted by molar-refractivity contribution is -0.131. The molecule has 1 heterocycles. The van der Waals surface area contributed by atoms with Gasteiger partial charge in [-0.1, -0.05) is 18.9 Å². The number of thiophene rings is 1. The summed E-state index contributed by atoms with van der Waals surface area (Å²) in [6.07, 6.45) is 4.12. The third-order valence-corrected chi connectivity index (χ3v) is 4.81. The minimum absolute atomic E-state index is 0. The first-order chi connectivity index (χ1) is 8.18. The Hall–Kier alpha value is -0.580. The smallest absolute Gasteiger partial charge is 0.227 e. The number of nitrogens with two attached hydrogens (primary N) is 1. The molecule has 0 aromatic carbocycles. The van der Waals surface area contributed by atoms with Crippen LogP contribution < -0.4 is 11.1 Å². The maximum absolute atomic E-state index is 12.3. The minimum Gasteiger partial charge on any atom is -0.348 e. The third-order valence-electron chi connectivity index (χ3n) is 3.75. The van der Waals surface area contributed by atoms with Gasteiger partial charge in [0.05, 0.1) is 11.5 Å². The highest BCUT2D eigenvalue weighted by Crippen LogP contribution is 2.37. The molecule has 0 bridgehead atoms. The molecule has 0 radical (unpaired) electrons. The second-order valence-electron chi connectivity index (χ2n) is 4.90. The quantitative estimate of drug-likeness (QED) is 0.895. The SMILES string of the molecule is CC(NC(=O)C1(CN)CCCC1)c1cccs1.Cl. The van der Waals surface area contributed by atoms with Gasteiger partial charge in [0.15, 0.2) is 0 Å². The van der Waals surface area contributed by atoms with Gasteiger partial charge in [0.25, 0.3) is 0 Å². The largest absolute Gasteiger partial charge is 0.348 e. The molecule has 3 N–H and O–H groups in total. The van der Waals surface area contributed by atoms with E-state index >= 15 is 0 Å². The average Bonchev–Trinajstić information content (AvgIpc) is 3.01. The lowest BCUT2D eigenvalue weighted by atomic mass is 9.85. The Morgan fingerprint density at radius 3 is 2.72 bits per heavy atom. The molecule has 102 valence electrons. The predicted octanol–water partition coefficient (Wildman–Crippen LogP) is 2.87. The molecule has 1 saturated carbocycles. The van der Waals surface area contributed by atoms with E-state index in [4.69, 9.17) is 5.73 Å². The summed E-state index contributed by atoms with van der Waals surface area (Å²) in [4.78, 5) is 13.5. The van der Waals surface area contributed by atoms with Crippen molar-refractivity contribution in [3.63, 3.8) is 0 Å². The summed E-state index contributed by atoms with van der Waals surface area (Å²) in [5, 5.41) is 5.14. The first-order valence-corrected chi connectivity index (χ1v) is 7.10. The maximum Gasteiger partial charge on any atom is 0.227 e. The summed E-state index contributed by atoms with van der Waals surface area (Å²) in [6, 6.07) is 4.16. The molecule has 1 atom stereocenters. The van der Waals surface area contributed by atoms with E-state index in [0.29, 0.717) is 6.54 Å². The number of halogens is 1. The summed E-state index contributed by atoms with van der Waals surface area (Å²) < 4.78 is 0. The second kappa shape index (κ2) is 6.55. The molecule has 0 aliphatic heterocycles. The minimum atomic E-state index is -0.300. The van der Waals surface area contributed by atoms with Crippen LogP contribution >= 0.6 is 23.7 Å². The number of carbonyl (C=O) groups excluding carboxylic acids is 1. The van der Waals surface area contributed by atoms with E-state index in [2.05, 4.69) is 11.4 Å². The molecule has 1 fully saturated rings. The maximum atomic E-state index is 12.3. The molecule has 18 heavy (non-hydrogen) atoms. The van der Waals surface area contributed by atoms with Gasteiger partial charge in [-0.25, -0.2) is 0 Å². The number of amides is 1. The fourth-order valence-electron chi connectivity index (χ4n) is 2.53. The van der Waals surface area contributed by atoms with Crippen LogP contribution in [0.4, 0.5) is 0 Å². The van der Waals surface area contributed by atoms with Gasteiger partial charge in [0.2, 0.25) is 5.91 Å². The Labute approximate surface area is 119 Å². The van der Waals surface area contributed by atoms with Crippen molar-refractivity contribution in [3.05, 3.63) is 22.4 Å². The van der Waals surface area contributed by atoms with E-state index in [0.717, 1.165) is 25.7 Å². The monoisotopic (exact) mass is 288 g/mol. The zero-order chi connectivity index (χ0) is 12.3. The van der Waals surface area contributed by atoms with E-state index < -0.39 is 0 Å². The molecule has 1 aliphatic carbocycles.